The van der Waals surface area contributed by atoms with Gasteiger partial charge < -0.3 is 38.9 Å². The highest BCUT2D eigenvalue weighted by molar-refractivity contribution is 6.10. The lowest BCUT2D eigenvalue weighted by molar-refractivity contribution is 0.246. The Labute approximate surface area is 599 Å². The van der Waals surface area contributed by atoms with Crippen LogP contribution in [0.1, 0.15) is 69.5 Å². The zero-order chi connectivity index (χ0) is 69.2. The van der Waals surface area contributed by atoms with Crippen LogP contribution in [0.15, 0.2) is 231 Å². The van der Waals surface area contributed by atoms with Crippen molar-refractivity contribution >= 4 is 114 Å². The van der Waals surface area contributed by atoms with E-state index in [4.69, 9.17) is 38.9 Å². The van der Waals surface area contributed by atoms with Gasteiger partial charge in [0.25, 0.3) is 0 Å². The molecule has 12 nitrogen and oxygen atoms in total. The van der Waals surface area contributed by atoms with Crippen molar-refractivity contribution in [2.45, 2.75) is 26.7 Å². The number of rotatable bonds is 2. The van der Waals surface area contributed by atoms with Crippen molar-refractivity contribution in [3.8, 4) is 89.8 Å². The van der Waals surface area contributed by atoms with Gasteiger partial charge in [0, 0.05) is 101 Å². The summed E-state index contributed by atoms with van der Waals surface area (Å²) in [4.78, 5) is 38.0. The molecule has 0 saturated carbocycles. The Balaban J connectivity index is 0.847. The van der Waals surface area contributed by atoms with E-state index in [1.165, 1.54) is 11.1 Å². The van der Waals surface area contributed by atoms with Gasteiger partial charge in [-0.1, -0.05) is 145 Å². The van der Waals surface area contributed by atoms with Gasteiger partial charge in [0.05, 0.1) is 72.0 Å². The summed E-state index contributed by atoms with van der Waals surface area (Å²) < 4.78 is 26.9. The minimum atomic E-state index is 0.423. The molecule has 0 saturated heterocycles. The smallest absolute Gasteiger partial charge is 0.127 e. The highest BCUT2D eigenvalue weighted by atomic mass is 16.5. The largest absolute Gasteiger partial charge is 0.493 e. The molecule has 24 bridgehead atoms. The fraction of sp³-hybridized carbons (Fsp3) is 0.0870. The van der Waals surface area contributed by atoms with Gasteiger partial charge in [0.1, 0.15) is 23.0 Å². The molecular weight excluding hydrogens is 1280 g/mol. The van der Waals surface area contributed by atoms with E-state index < -0.39 is 0 Å². The molecule has 500 valence electrons. The van der Waals surface area contributed by atoms with Crippen LogP contribution in [0.5, 0.6) is 23.0 Å². The summed E-state index contributed by atoms with van der Waals surface area (Å²) in [5.41, 5.74) is 27.0. The fourth-order valence-corrected chi connectivity index (χ4v) is 15.0. The second-order valence-corrected chi connectivity index (χ2v) is 26.9. The topological polar surface area (TPSA) is 152 Å². The molecule has 0 amide bonds. The number of aryl methyl sites for hydroxylation is 2. The molecule has 4 N–H and O–H groups in total. The third-order valence-corrected chi connectivity index (χ3v) is 20.0. The molecule has 104 heavy (non-hydrogen) atoms. The Morgan fingerprint density at radius 2 is 0.596 bits per heavy atom. The molecule has 22 rings (SSSR count). The molecule has 12 heteroatoms. The van der Waals surface area contributed by atoms with Crippen molar-refractivity contribution in [2.24, 2.45) is 0 Å². The van der Waals surface area contributed by atoms with Crippen molar-refractivity contribution in [3.63, 3.8) is 0 Å². The highest BCUT2D eigenvalue weighted by Gasteiger charge is 2.25. The van der Waals surface area contributed by atoms with Crippen molar-refractivity contribution in [2.75, 3.05) is 26.4 Å². The maximum Gasteiger partial charge on any atom is 0.127 e. The zero-order valence-electron chi connectivity index (χ0n) is 57.2. The van der Waals surface area contributed by atoms with E-state index in [0.29, 0.717) is 39.3 Å². The van der Waals surface area contributed by atoms with Crippen LogP contribution in [0.25, 0.3) is 181 Å². The predicted octanol–water partition coefficient (Wildman–Crippen LogP) is 22.6. The number of hydrogen-bond acceptors (Lipinski definition) is 8. The lowest BCUT2D eigenvalue weighted by Crippen LogP contribution is -2.07. The monoisotopic (exact) mass is 1350 g/mol. The van der Waals surface area contributed by atoms with E-state index in [9.17, 15) is 0 Å². The van der Waals surface area contributed by atoms with Gasteiger partial charge in [-0.05, 0) is 203 Å². The summed E-state index contributed by atoms with van der Waals surface area (Å²) in [6.07, 6.45) is 18.2. The standard InChI is InChI=1S/C92H68N8O4/c1-55-13-17-59(18-14-55)85-71-35-27-63(93-71)53-65-29-37-73(95-65)87-61-21-31-67(32-22-61)101-49-7-51-103-83-47-25-57-9-3-5-11-69(57)89(83)90-70-12-6-4-10-58(70)26-48-84(90)104-52-8-50-102-68-33-23-62(24-34-68)88-74-38-30-66(96-74)54-64-28-36-72(94-64)86(60-19-15-56(2)16-20-60)76-40-44-80(98-76)92(82-46-42-78(88)100-82)91(79-43-39-75(85)97-79)81-45-41-77(87)99-81/h3-6,9-48,53-54,93-94,99-100H,7-8,49-52H2,1-2H3. The van der Waals surface area contributed by atoms with E-state index >= 15 is 0 Å². The summed E-state index contributed by atoms with van der Waals surface area (Å²) in [5.74, 6) is 3.04. The average molecular weight is 1350 g/mol. The van der Waals surface area contributed by atoms with Crippen molar-refractivity contribution in [1.82, 2.24) is 39.9 Å². The number of nitrogens with one attached hydrogen (secondary N) is 4. The summed E-state index contributed by atoms with van der Waals surface area (Å²) in [6.45, 7) is 5.94. The third kappa shape index (κ3) is 11.6. The molecule has 14 aromatic rings. The van der Waals surface area contributed by atoms with E-state index in [-0.39, 0.29) is 0 Å². The first kappa shape index (κ1) is 61.7. The average Bonchev–Trinajstić information content (AvgIpc) is 1.50. The molecule has 0 unspecified atom stereocenters. The maximum absolute atomic E-state index is 6.85. The van der Waals surface area contributed by atoms with E-state index in [0.717, 1.165) is 201 Å². The van der Waals surface area contributed by atoms with Crippen LogP contribution in [-0.2, 0) is 0 Å². The molecule has 8 aromatic carbocycles. The molecule has 0 radical (unpaired) electrons. The predicted molar refractivity (Wildman–Crippen MR) is 426 cm³/mol. The van der Waals surface area contributed by atoms with E-state index in [2.05, 4.69) is 289 Å². The van der Waals surface area contributed by atoms with Crippen LogP contribution in [-0.4, -0.2) is 66.3 Å². The molecule has 6 aromatic heterocycles. The maximum atomic E-state index is 6.85. The van der Waals surface area contributed by atoms with Crippen molar-refractivity contribution < 1.29 is 18.9 Å². The Morgan fingerprint density at radius 1 is 0.269 bits per heavy atom. The lowest BCUT2D eigenvalue weighted by Gasteiger charge is -2.20. The van der Waals surface area contributed by atoms with Crippen LogP contribution >= 0.6 is 0 Å². The number of benzene rings is 8. The quantitative estimate of drug-likeness (QED) is 0.134. The molecule has 0 fully saturated rings. The number of aromatic amines is 4. The van der Waals surface area contributed by atoms with Crippen LogP contribution < -0.4 is 18.9 Å². The van der Waals surface area contributed by atoms with Gasteiger partial charge in [-0.3, -0.25) is 0 Å². The van der Waals surface area contributed by atoms with Gasteiger partial charge in [0.2, 0.25) is 0 Å². The van der Waals surface area contributed by atoms with Gasteiger partial charge in [-0.15, -0.1) is 0 Å². The van der Waals surface area contributed by atoms with Crippen LogP contribution in [0.3, 0.4) is 0 Å². The van der Waals surface area contributed by atoms with Crippen LogP contribution in [0.2, 0.25) is 0 Å². The van der Waals surface area contributed by atoms with Crippen LogP contribution in [0.4, 0.5) is 0 Å². The van der Waals surface area contributed by atoms with Gasteiger partial charge in [-0.25, -0.2) is 19.9 Å². The van der Waals surface area contributed by atoms with Gasteiger partial charge >= 0.3 is 0 Å². The second kappa shape index (κ2) is 26.0. The minimum Gasteiger partial charge on any atom is -0.493 e. The van der Waals surface area contributed by atoms with E-state index in [1.807, 2.05) is 24.3 Å². The number of ether oxygens (including phenoxy) is 4. The first-order valence-corrected chi connectivity index (χ1v) is 35.5. The normalized spacial score (nSPS) is 13.4. The first-order chi connectivity index (χ1) is 51.3. The fourth-order valence-electron chi connectivity index (χ4n) is 15.0. The number of nitrogens with zero attached hydrogens (tertiary/aromatic N) is 4. The molecular formula is C92H68N8O4. The summed E-state index contributed by atoms with van der Waals surface area (Å²) in [6, 6.07) is 80.9. The number of fused-ring (bicyclic) bond motifs is 14. The number of aromatic nitrogens is 8. The lowest BCUT2D eigenvalue weighted by atomic mass is 9.92. The second-order valence-electron chi connectivity index (χ2n) is 26.9. The highest BCUT2D eigenvalue weighted by Crippen LogP contribution is 2.47. The Morgan fingerprint density at radius 3 is 1.01 bits per heavy atom. The molecule has 0 spiro atoms. The number of hydrogen-bond donors (Lipinski definition) is 4. The zero-order valence-corrected chi connectivity index (χ0v) is 57.2. The first-order valence-electron chi connectivity index (χ1n) is 35.5. The van der Waals surface area contributed by atoms with Crippen molar-refractivity contribution in [1.29, 1.82) is 0 Å². The Kier molecular flexibility index (Phi) is 15.4. The van der Waals surface area contributed by atoms with Gasteiger partial charge in [-0.2, -0.15) is 0 Å². The van der Waals surface area contributed by atoms with Crippen LogP contribution in [0, 0.1) is 13.8 Å². The Hall–Kier alpha value is -13.3. The molecule has 8 aliphatic heterocycles. The SMILES string of the molecule is Cc1ccc(-c2c3nc(c4c5ccc([nH]5)c(c5nc(cc6ccc2[nH]6)C=C5)-c2ccc(cc2)OCCCOc2ccc5ccccc5c2-c2c(ccc5ccccc25)OCCCOc2ccc(cc2)-c2c5nc(cc6ccc([nH]6)c(-c6ccc(C)cc6)c6nc(c-4c4ccc2[nH]4)C=C6)C=C5)C=C3)cc1. The Bertz CT molecular complexity index is 5920. The summed E-state index contributed by atoms with van der Waals surface area (Å²) >= 11 is 0. The summed E-state index contributed by atoms with van der Waals surface area (Å²) in [5, 5.41) is 4.38. The number of H-pyrrole nitrogens is 4. The molecule has 0 aliphatic carbocycles. The van der Waals surface area contributed by atoms with E-state index in [1.54, 1.807) is 0 Å². The molecule has 0 atom stereocenters. The molecule has 14 heterocycles. The van der Waals surface area contributed by atoms with Crippen molar-refractivity contribution in [3.05, 3.63) is 287 Å². The minimum absolute atomic E-state index is 0.423. The third-order valence-electron chi connectivity index (χ3n) is 20.0. The van der Waals surface area contributed by atoms with Gasteiger partial charge in [0.15, 0.2) is 0 Å². The summed E-state index contributed by atoms with van der Waals surface area (Å²) in [7, 11) is 0. The molecule has 8 aliphatic rings.